The van der Waals surface area contributed by atoms with Crippen LogP contribution in [0, 0.1) is 0 Å². The van der Waals surface area contributed by atoms with Gasteiger partial charge in [-0.05, 0) is 55.3 Å². The van der Waals surface area contributed by atoms with E-state index < -0.39 is 0 Å². The van der Waals surface area contributed by atoms with Crippen LogP contribution in [-0.4, -0.2) is 47.1 Å². The second-order valence-electron chi connectivity index (χ2n) is 6.94. The first-order valence-electron chi connectivity index (χ1n) is 9.71. The lowest BCUT2D eigenvalue weighted by molar-refractivity contribution is 0.0770. The minimum Gasteiger partial charge on any atom is -0.397 e. The summed E-state index contributed by atoms with van der Waals surface area (Å²) in [4.78, 5) is 13.8. The van der Waals surface area contributed by atoms with Gasteiger partial charge in [-0.25, -0.2) is 0 Å². The van der Waals surface area contributed by atoms with E-state index in [4.69, 9.17) is 4.84 Å². The van der Waals surface area contributed by atoms with Crippen molar-refractivity contribution in [3.63, 3.8) is 0 Å². The van der Waals surface area contributed by atoms with E-state index in [-0.39, 0.29) is 0 Å². The number of aromatic nitrogens is 3. The molecule has 5 nitrogen and oxygen atoms in total. The molecule has 0 spiro atoms. The summed E-state index contributed by atoms with van der Waals surface area (Å²) in [6, 6.07) is 14.5. The van der Waals surface area contributed by atoms with Crippen LogP contribution in [0.25, 0.3) is 11.1 Å². The van der Waals surface area contributed by atoms with E-state index in [2.05, 4.69) is 66.3 Å². The van der Waals surface area contributed by atoms with Crippen LogP contribution in [0.4, 0.5) is 0 Å². The molecule has 2 aromatic heterocycles. The molecule has 146 valence electrons. The van der Waals surface area contributed by atoms with E-state index in [1.165, 1.54) is 11.1 Å². The van der Waals surface area contributed by atoms with Crippen molar-refractivity contribution < 1.29 is 4.84 Å². The lowest BCUT2D eigenvalue weighted by Gasteiger charge is -2.14. The molecule has 0 N–H and O–H groups in total. The number of rotatable bonds is 9. The van der Waals surface area contributed by atoms with Gasteiger partial charge in [-0.2, -0.15) is 0 Å². The van der Waals surface area contributed by atoms with Gasteiger partial charge in [-0.3, -0.25) is 4.98 Å². The molecule has 2 heterocycles. The predicted molar refractivity (Wildman–Crippen MR) is 114 cm³/mol. The molecule has 5 heteroatoms. The fourth-order valence-corrected chi connectivity index (χ4v) is 3.23. The van der Waals surface area contributed by atoms with E-state index in [1.54, 1.807) is 11.0 Å². The van der Waals surface area contributed by atoms with Gasteiger partial charge in [0.05, 0.1) is 12.4 Å². The van der Waals surface area contributed by atoms with Crippen molar-refractivity contribution in [3.05, 3.63) is 83.9 Å². The number of nitrogens with zero attached hydrogens (tertiary/aromatic N) is 4. The molecule has 0 aliphatic rings. The van der Waals surface area contributed by atoms with Crippen molar-refractivity contribution in [3.8, 4) is 0 Å². The fourth-order valence-electron chi connectivity index (χ4n) is 3.23. The first-order chi connectivity index (χ1) is 13.7. The van der Waals surface area contributed by atoms with Gasteiger partial charge in [0.15, 0.2) is 0 Å². The van der Waals surface area contributed by atoms with Gasteiger partial charge in [0, 0.05) is 24.5 Å². The van der Waals surface area contributed by atoms with E-state index in [0.29, 0.717) is 6.61 Å². The monoisotopic (exact) mass is 376 g/mol. The van der Waals surface area contributed by atoms with Crippen LogP contribution in [0.5, 0.6) is 0 Å². The summed E-state index contributed by atoms with van der Waals surface area (Å²) in [5.74, 6) is 0. The Balaban J connectivity index is 1.94. The van der Waals surface area contributed by atoms with E-state index >= 15 is 0 Å². The summed E-state index contributed by atoms with van der Waals surface area (Å²) < 4.78 is 0. The summed E-state index contributed by atoms with van der Waals surface area (Å²) in [7, 11) is 4.13. The maximum atomic E-state index is 5.79. The summed E-state index contributed by atoms with van der Waals surface area (Å²) in [6.07, 6.45) is 9.41. The van der Waals surface area contributed by atoms with E-state index in [0.717, 1.165) is 36.1 Å². The number of benzene rings is 1. The van der Waals surface area contributed by atoms with Crippen LogP contribution in [0.2, 0.25) is 0 Å². The van der Waals surface area contributed by atoms with Crippen molar-refractivity contribution in [1.82, 2.24) is 19.8 Å². The minimum atomic E-state index is 0.632. The number of hydrogen-bond donors (Lipinski definition) is 0. The van der Waals surface area contributed by atoms with Gasteiger partial charge in [0.1, 0.15) is 6.61 Å². The Morgan fingerprint density at radius 1 is 1.00 bits per heavy atom. The van der Waals surface area contributed by atoms with Gasteiger partial charge in [-0.1, -0.05) is 43.3 Å². The largest absolute Gasteiger partial charge is 0.397 e. The maximum Gasteiger partial charge on any atom is 0.118 e. The van der Waals surface area contributed by atoms with Crippen LogP contribution >= 0.6 is 0 Å². The first kappa shape index (κ1) is 19.8. The maximum absolute atomic E-state index is 5.79. The van der Waals surface area contributed by atoms with Gasteiger partial charge in [0.25, 0.3) is 0 Å². The molecule has 0 aliphatic heterocycles. The highest BCUT2D eigenvalue weighted by atomic mass is 16.7. The number of allylic oxidation sites excluding steroid dienone is 1. The molecule has 0 saturated heterocycles. The summed E-state index contributed by atoms with van der Waals surface area (Å²) in [5, 5.41) is 4.42. The lowest BCUT2D eigenvalue weighted by Crippen LogP contribution is -2.19. The third-order valence-corrected chi connectivity index (χ3v) is 4.55. The average Bonchev–Trinajstić information content (AvgIpc) is 3.19. The molecule has 0 fully saturated rings. The van der Waals surface area contributed by atoms with Crippen molar-refractivity contribution >= 4 is 11.1 Å². The molecular weight excluding hydrogens is 348 g/mol. The molecule has 1 aromatic carbocycles. The Bertz CT molecular complexity index is 885. The summed E-state index contributed by atoms with van der Waals surface area (Å²) >= 11 is 0. The smallest absolute Gasteiger partial charge is 0.118 e. The van der Waals surface area contributed by atoms with Gasteiger partial charge < -0.3 is 9.74 Å². The normalized spacial score (nSPS) is 12.1. The Morgan fingerprint density at radius 2 is 1.79 bits per heavy atom. The fraction of sp³-hybridized carbons (Fsp3) is 0.304. The highest BCUT2D eigenvalue weighted by Crippen LogP contribution is 2.33. The SMILES string of the molecule is CC/C(=C(\c1ccccc1)c1cnn(OCCCN(C)C)c1)c1cccnc1. The van der Waals surface area contributed by atoms with Crippen molar-refractivity contribution in [1.29, 1.82) is 0 Å². The zero-order valence-corrected chi connectivity index (χ0v) is 16.9. The number of pyridine rings is 1. The molecule has 0 bridgehead atoms. The quantitative estimate of drug-likeness (QED) is 0.529. The first-order valence-corrected chi connectivity index (χ1v) is 9.71. The molecular formula is C23H28N4O. The zero-order valence-electron chi connectivity index (χ0n) is 16.9. The molecule has 0 amide bonds. The summed E-state index contributed by atoms with van der Waals surface area (Å²) in [6.45, 7) is 3.80. The Labute approximate surface area is 167 Å². The molecule has 3 rings (SSSR count). The standard InChI is InChI=1S/C23H28N4O/c1-4-22(20-12-8-13-24-16-20)23(19-10-6-5-7-11-19)21-17-25-27(18-21)28-15-9-14-26(2)3/h5-8,10-13,16-18H,4,9,14-15H2,1-3H3/b23-22-. The number of hydrogen-bond acceptors (Lipinski definition) is 4. The highest BCUT2D eigenvalue weighted by molar-refractivity contribution is 5.98. The van der Waals surface area contributed by atoms with Crippen LogP contribution in [0.15, 0.2) is 67.3 Å². The zero-order chi connectivity index (χ0) is 19.8. The molecule has 0 unspecified atom stereocenters. The highest BCUT2D eigenvalue weighted by Gasteiger charge is 2.15. The Kier molecular flexibility index (Phi) is 6.98. The Hall–Kier alpha value is -2.92. The van der Waals surface area contributed by atoms with Crippen LogP contribution < -0.4 is 4.84 Å². The molecule has 3 aromatic rings. The second-order valence-corrected chi connectivity index (χ2v) is 6.94. The van der Waals surface area contributed by atoms with Gasteiger partial charge in [-0.15, -0.1) is 9.94 Å². The molecule has 28 heavy (non-hydrogen) atoms. The summed E-state index contributed by atoms with van der Waals surface area (Å²) in [5.41, 5.74) is 5.74. The predicted octanol–water partition coefficient (Wildman–Crippen LogP) is 4.03. The third-order valence-electron chi connectivity index (χ3n) is 4.55. The average molecular weight is 377 g/mol. The second kappa shape index (κ2) is 9.85. The lowest BCUT2D eigenvalue weighted by atomic mass is 9.90. The van der Waals surface area contributed by atoms with Crippen LogP contribution in [0.3, 0.4) is 0 Å². The minimum absolute atomic E-state index is 0.632. The van der Waals surface area contributed by atoms with Crippen LogP contribution in [0.1, 0.15) is 36.5 Å². The topological polar surface area (TPSA) is 43.2 Å². The molecule has 0 atom stereocenters. The van der Waals surface area contributed by atoms with Crippen molar-refractivity contribution in [2.75, 3.05) is 27.2 Å². The van der Waals surface area contributed by atoms with E-state index in [9.17, 15) is 0 Å². The molecule has 0 radical (unpaired) electrons. The van der Waals surface area contributed by atoms with Crippen molar-refractivity contribution in [2.45, 2.75) is 19.8 Å². The van der Waals surface area contributed by atoms with E-state index in [1.807, 2.05) is 30.7 Å². The van der Waals surface area contributed by atoms with Crippen molar-refractivity contribution in [2.24, 2.45) is 0 Å². The third kappa shape index (κ3) is 5.08. The van der Waals surface area contributed by atoms with Crippen LogP contribution in [-0.2, 0) is 0 Å². The van der Waals surface area contributed by atoms with Gasteiger partial charge >= 0.3 is 0 Å². The molecule has 0 aliphatic carbocycles. The van der Waals surface area contributed by atoms with Gasteiger partial charge in [0.2, 0.25) is 0 Å². The molecule has 0 saturated carbocycles. The Morgan fingerprint density at radius 3 is 2.46 bits per heavy atom.